The number of carbonyl (C=O) groups excluding carboxylic acids is 1. The predicted molar refractivity (Wildman–Crippen MR) is 127 cm³/mol. The molecule has 0 saturated heterocycles. The van der Waals surface area contributed by atoms with Crippen LogP contribution in [0.2, 0.25) is 0 Å². The number of nitrogens with two attached hydrogens (primary N) is 1. The van der Waals surface area contributed by atoms with Gasteiger partial charge in [0, 0.05) is 24.5 Å². The molecule has 33 heavy (non-hydrogen) atoms. The predicted octanol–water partition coefficient (Wildman–Crippen LogP) is 2.40. The topological polar surface area (TPSA) is 124 Å². The van der Waals surface area contributed by atoms with Crippen molar-refractivity contribution in [2.45, 2.75) is 37.1 Å². The number of aliphatic hydroxyl groups is 1. The number of nitrogens with one attached hydrogen (secondary N) is 1. The molecule has 0 unspecified atom stereocenters. The molecule has 3 rings (SSSR count). The van der Waals surface area contributed by atoms with Gasteiger partial charge in [0.2, 0.25) is 12.2 Å². The zero-order valence-corrected chi connectivity index (χ0v) is 18.9. The Kier molecular flexibility index (Phi) is 8.28. The van der Waals surface area contributed by atoms with Crippen molar-refractivity contribution in [2.24, 2.45) is 10.7 Å². The molecule has 0 radical (unpaired) electrons. The molecule has 1 saturated carbocycles. The SMILES string of the molecule is COc1ccccc1C(=O)NC[C@]1(c2ccccc2)CC[C@H](N(CCO)C(N)=NC#N)CC1. The van der Waals surface area contributed by atoms with Crippen LogP contribution in [0.25, 0.3) is 0 Å². The van der Waals surface area contributed by atoms with Crippen LogP contribution in [0.3, 0.4) is 0 Å². The molecule has 1 amide bonds. The van der Waals surface area contributed by atoms with Gasteiger partial charge in [-0.3, -0.25) is 4.79 Å². The minimum absolute atomic E-state index is 0.0657. The van der Waals surface area contributed by atoms with Gasteiger partial charge in [0.1, 0.15) is 5.75 Å². The second-order valence-electron chi connectivity index (χ2n) is 8.25. The van der Waals surface area contributed by atoms with E-state index in [1.807, 2.05) is 35.2 Å². The molecule has 0 spiro atoms. The molecule has 0 aliphatic heterocycles. The van der Waals surface area contributed by atoms with E-state index in [2.05, 4.69) is 22.4 Å². The second kappa shape index (κ2) is 11.3. The molecule has 8 nitrogen and oxygen atoms in total. The molecule has 0 atom stereocenters. The van der Waals surface area contributed by atoms with Gasteiger partial charge >= 0.3 is 0 Å². The zero-order valence-electron chi connectivity index (χ0n) is 18.9. The lowest BCUT2D eigenvalue weighted by Crippen LogP contribution is -2.51. The Morgan fingerprint density at radius 2 is 1.91 bits per heavy atom. The Morgan fingerprint density at radius 1 is 1.24 bits per heavy atom. The Balaban J connectivity index is 1.79. The van der Waals surface area contributed by atoms with Gasteiger partial charge in [-0.05, 0) is 43.4 Å². The molecule has 2 aromatic rings. The number of amides is 1. The lowest BCUT2D eigenvalue weighted by Gasteiger charge is -2.44. The van der Waals surface area contributed by atoms with E-state index in [1.165, 1.54) is 5.56 Å². The maximum Gasteiger partial charge on any atom is 0.255 e. The van der Waals surface area contributed by atoms with Crippen LogP contribution >= 0.6 is 0 Å². The maximum atomic E-state index is 13.0. The number of ether oxygens (including phenoxy) is 1. The summed E-state index contributed by atoms with van der Waals surface area (Å²) in [5, 5.41) is 21.5. The van der Waals surface area contributed by atoms with Crippen LogP contribution in [0, 0.1) is 11.5 Å². The lowest BCUT2D eigenvalue weighted by atomic mass is 9.67. The number of rotatable bonds is 8. The van der Waals surface area contributed by atoms with E-state index in [0.29, 0.717) is 24.4 Å². The summed E-state index contributed by atoms with van der Waals surface area (Å²) in [6.07, 6.45) is 4.94. The molecule has 2 aromatic carbocycles. The van der Waals surface area contributed by atoms with Crippen molar-refractivity contribution in [2.75, 3.05) is 26.8 Å². The van der Waals surface area contributed by atoms with Crippen LogP contribution in [0.5, 0.6) is 5.75 Å². The fourth-order valence-electron chi connectivity index (χ4n) is 4.71. The molecular formula is C25H31N5O3. The number of methoxy groups -OCH3 is 1. The Bertz CT molecular complexity index is 995. The summed E-state index contributed by atoms with van der Waals surface area (Å²) in [6, 6.07) is 17.5. The van der Waals surface area contributed by atoms with Crippen LogP contribution in [0.15, 0.2) is 59.6 Å². The Morgan fingerprint density at radius 3 is 2.55 bits per heavy atom. The van der Waals surface area contributed by atoms with Crippen molar-refractivity contribution < 1.29 is 14.6 Å². The number of hydrogen-bond donors (Lipinski definition) is 3. The highest BCUT2D eigenvalue weighted by molar-refractivity contribution is 5.97. The van der Waals surface area contributed by atoms with Gasteiger partial charge in [0.05, 0.1) is 19.3 Å². The van der Waals surface area contributed by atoms with Crippen molar-refractivity contribution in [3.05, 3.63) is 65.7 Å². The summed E-state index contributed by atoms with van der Waals surface area (Å²) in [5.41, 5.74) is 7.44. The number of hydrogen-bond acceptors (Lipinski definition) is 5. The first kappa shape index (κ1) is 24.1. The van der Waals surface area contributed by atoms with Crippen LogP contribution in [-0.2, 0) is 5.41 Å². The van der Waals surface area contributed by atoms with Gasteiger partial charge in [0.15, 0.2) is 0 Å². The molecule has 8 heteroatoms. The van der Waals surface area contributed by atoms with Crippen molar-refractivity contribution in [3.63, 3.8) is 0 Å². The first-order valence-electron chi connectivity index (χ1n) is 11.1. The molecule has 174 valence electrons. The molecule has 0 heterocycles. The fraction of sp³-hybridized carbons (Fsp3) is 0.400. The van der Waals surface area contributed by atoms with Crippen molar-refractivity contribution in [1.29, 1.82) is 5.26 Å². The number of guanidine groups is 1. The third-order valence-electron chi connectivity index (χ3n) is 6.48. The quantitative estimate of drug-likeness (QED) is 0.323. The highest BCUT2D eigenvalue weighted by Gasteiger charge is 2.39. The van der Waals surface area contributed by atoms with E-state index in [1.54, 1.807) is 25.4 Å². The van der Waals surface area contributed by atoms with E-state index in [9.17, 15) is 9.90 Å². The third-order valence-corrected chi connectivity index (χ3v) is 6.48. The number of nitrogens with zero attached hydrogens (tertiary/aromatic N) is 3. The number of benzene rings is 2. The summed E-state index contributed by atoms with van der Waals surface area (Å²) in [5.74, 6) is 0.504. The van der Waals surface area contributed by atoms with Crippen LogP contribution in [0.4, 0.5) is 0 Å². The van der Waals surface area contributed by atoms with Gasteiger partial charge in [-0.15, -0.1) is 4.99 Å². The number of carbonyl (C=O) groups is 1. The Labute approximate surface area is 194 Å². The molecule has 1 aliphatic rings. The molecule has 4 N–H and O–H groups in total. The monoisotopic (exact) mass is 449 g/mol. The van der Waals surface area contributed by atoms with E-state index >= 15 is 0 Å². The number of para-hydroxylation sites is 1. The summed E-state index contributed by atoms with van der Waals surface area (Å²) in [7, 11) is 1.55. The minimum atomic E-state index is -0.235. The van der Waals surface area contributed by atoms with Gasteiger partial charge in [-0.25, -0.2) is 0 Å². The third kappa shape index (κ3) is 5.62. The summed E-state index contributed by atoms with van der Waals surface area (Å²) >= 11 is 0. The molecule has 1 fully saturated rings. The number of aliphatic imine (C=N–C) groups is 1. The zero-order chi connectivity index (χ0) is 23.7. The van der Waals surface area contributed by atoms with E-state index < -0.39 is 0 Å². The second-order valence-corrected chi connectivity index (χ2v) is 8.25. The summed E-state index contributed by atoms with van der Waals surface area (Å²) in [6.45, 7) is 0.740. The first-order valence-corrected chi connectivity index (χ1v) is 11.1. The maximum absolute atomic E-state index is 13.0. The molecular weight excluding hydrogens is 418 g/mol. The van der Waals surface area contributed by atoms with Crippen LogP contribution < -0.4 is 15.8 Å². The fourth-order valence-corrected chi connectivity index (χ4v) is 4.71. The number of aliphatic hydroxyl groups excluding tert-OH is 1. The summed E-state index contributed by atoms with van der Waals surface area (Å²) in [4.78, 5) is 18.4. The van der Waals surface area contributed by atoms with Gasteiger partial charge < -0.3 is 25.8 Å². The lowest BCUT2D eigenvalue weighted by molar-refractivity contribution is 0.0923. The first-order chi connectivity index (χ1) is 16.0. The van der Waals surface area contributed by atoms with Crippen molar-refractivity contribution in [3.8, 4) is 11.9 Å². The largest absolute Gasteiger partial charge is 0.496 e. The van der Waals surface area contributed by atoms with E-state index in [0.717, 1.165) is 25.7 Å². The smallest absolute Gasteiger partial charge is 0.255 e. The highest BCUT2D eigenvalue weighted by atomic mass is 16.5. The summed E-state index contributed by atoms with van der Waals surface area (Å²) < 4.78 is 5.34. The minimum Gasteiger partial charge on any atom is -0.496 e. The van der Waals surface area contributed by atoms with Gasteiger partial charge in [0.25, 0.3) is 5.91 Å². The highest BCUT2D eigenvalue weighted by Crippen LogP contribution is 2.40. The standard InChI is InChI=1S/C25H31N5O3/c1-33-22-10-6-5-9-21(22)23(32)28-17-25(19-7-3-2-4-8-19)13-11-20(12-14-25)30(15-16-31)24(27)29-18-26/h2-10,20,31H,11-17H2,1H3,(H2,27,29)(H,28,32)/t20-,25-. The average molecular weight is 450 g/mol. The van der Waals surface area contributed by atoms with E-state index in [4.69, 9.17) is 15.7 Å². The van der Waals surface area contributed by atoms with Crippen LogP contribution in [-0.4, -0.2) is 54.7 Å². The van der Waals surface area contributed by atoms with Gasteiger partial charge in [-0.1, -0.05) is 42.5 Å². The van der Waals surface area contributed by atoms with E-state index in [-0.39, 0.29) is 29.9 Å². The van der Waals surface area contributed by atoms with Gasteiger partial charge in [-0.2, -0.15) is 5.26 Å². The van der Waals surface area contributed by atoms with Crippen LogP contribution in [0.1, 0.15) is 41.6 Å². The number of nitriles is 1. The Hall–Kier alpha value is -3.57. The van der Waals surface area contributed by atoms with Crippen molar-refractivity contribution >= 4 is 11.9 Å². The molecule has 1 aliphatic carbocycles. The molecule has 0 bridgehead atoms. The van der Waals surface area contributed by atoms with Crippen molar-refractivity contribution in [1.82, 2.24) is 10.2 Å². The normalized spacial score (nSPS) is 20.5. The molecule has 0 aromatic heterocycles. The average Bonchev–Trinajstić information content (AvgIpc) is 2.87.